The van der Waals surface area contributed by atoms with Crippen LogP contribution < -0.4 is 5.32 Å². The molecule has 0 unspecified atom stereocenters. The van der Waals surface area contributed by atoms with E-state index < -0.39 is 0 Å². The van der Waals surface area contributed by atoms with Crippen molar-refractivity contribution >= 4 is 17.5 Å². The van der Waals surface area contributed by atoms with Gasteiger partial charge in [-0.3, -0.25) is 9.89 Å². The van der Waals surface area contributed by atoms with Gasteiger partial charge in [-0.1, -0.05) is 29.8 Å². The third kappa shape index (κ3) is 3.64. The molecule has 1 fully saturated rings. The summed E-state index contributed by atoms with van der Waals surface area (Å²) >= 11 is 6.05. The standard InChI is InChI=1S/C15H17ClN4O2/c16-12-4-2-1-3-10(12)7-14(21)17-8-11-5-6-13(22-11)15-18-9-19-20-15/h1-4,9,11,13H,5-8H2,(H,17,21)(H,18,19,20)/t11-,13+/m1/s1. The van der Waals surface area contributed by atoms with Crippen molar-refractivity contribution in [3.63, 3.8) is 0 Å². The molecule has 1 aromatic carbocycles. The van der Waals surface area contributed by atoms with Crippen LogP contribution in [0.15, 0.2) is 30.6 Å². The molecule has 116 valence electrons. The summed E-state index contributed by atoms with van der Waals surface area (Å²) in [4.78, 5) is 16.1. The van der Waals surface area contributed by atoms with Crippen LogP contribution >= 0.6 is 11.6 Å². The highest BCUT2D eigenvalue weighted by molar-refractivity contribution is 6.31. The van der Waals surface area contributed by atoms with Crippen molar-refractivity contribution in [2.24, 2.45) is 0 Å². The number of aromatic nitrogens is 3. The minimum absolute atomic E-state index is 0.00490. The average molecular weight is 321 g/mol. The Morgan fingerprint density at radius 1 is 1.41 bits per heavy atom. The SMILES string of the molecule is O=C(Cc1ccccc1Cl)NC[C@H]1CC[C@@H](c2ncn[nH]2)O1. The monoisotopic (exact) mass is 320 g/mol. The Labute approximate surface area is 133 Å². The second-order valence-electron chi connectivity index (χ2n) is 5.27. The number of rotatable bonds is 5. The molecule has 0 aliphatic carbocycles. The molecule has 0 spiro atoms. The predicted molar refractivity (Wildman–Crippen MR) is 81.4 cm³/mol. The molecule has 7 heteroatoms. The zero-order valence-corrected chi connectivity index (χ0v) is 12.7. The van der Waals surface area contributed by atoms with Gasteiger partial charge in [0.15, 0.2) is 5.82 Å². The van der Waals surface area contributed by atoms with Gasteiger partial charge >= 0.3 is 0 Å². The number of H-pyrrole nitrogens is 1. The summed E-state index contributed by atoms with van der Waals surface area (Å²) in [5, 5.41) is 10.1. The fourth-order valence-electron chi connectivity index (χ4n) is 2.53. The van der Waals surface area contributed by atoms with Crippen LogP contribution in [0.3, 0.4) is 0 Å². The number of benzene rings is 1. The first-order valence-electron chi connectivity index (χ1n) is 7.23. The van der Waals surface area contributed by atoms with Gasteiger partial charge in [-0.15, -0.1) is 0 Å². The maximum Gasteiger partial charge on any atom is 0.224 e. The molecular formula is C15H17ClN4O2. The average Bonchev–Trinajstić information content (AvgIpc) is 3.18. The smallest absolute Gasteiger partial charge is 0.224 e. The first-order valence-corrected chi connectivity index (χ1v) is 7.61. The Bertz CT molecular complexity index is 632. The van der Waals surface area contributed by atoms with Crippen LogP contribution in [0.2, 0.25) is 5.02 Å². The second-order valence-corrected chi connectivity index (χ2v) is 5.67. The van der Waals surface area contributed by atoms with Crippen molar-refractivity contribution in [1.29, 1.82) is 0 Å². The number of halogens is 1. The van der Waals surface area contributed by atoms with E-state index in [0.717, 1.165) is 24.2 Å². The molecule has 1 saturated heterocycles. The van der Waals surface area contributed by atoms with Crippen molar-refractivity contribution in [1.82, 2.24) is 20.5 Å². The highest BCUT2D eigenvalue weighted by atomic mass is 35.5. The van der Waals surface area contributed by atoms with Crippen molar-refractivity contribution in [2.75, 3.05) is 6.54 Å². The number of carbonyl (C=O) groups excluding carboxylic acids is 1. The van der Waals surface area contributed by atoms with E-state index in [9.17, 15) is 4.79 Å². The van der Waals surface area contributed by atoms with Gasteiger partial charge in [0.2, 0.25) is 5.91 Å². The Kier molecular flexibility index (Phi) is 4.70. The van der Waals surface area contributed by atoms with Gasteiger partial charge in [0.1, 0.15) is 12.4 Å². The van der Waals surface area contributed by atoms with Gasteiger partial charge in [-0.25, -0.2) is 4.98 Å². The normalized spacial score (nSPS) is 21.0. The van der Waals surface area contributed by atoms with Crippen LogP contribution in [0.1, 0.15) is 30.3 Å². The van der Waals surface area contributed by atoms with Gasteiger partial charge in [-0.2, -0.15) is 5.10 Å². The number of carbonyl (C=O) groups is 1. The van der Waals surface area contributed by atoms with E-state index in [-0.39, 0.29) is 24.5 Å². The first-order chi connectivity index (χ1) is 10.7. The van der Waals surface area contributed by atoms with Crippen LogP contribution in [0.4, 0.5) is 0 Å². The molecule has 2 aromatic rings. The lowest BCUT2D eigenvalue weighted by atomic mass is 10.1. The summed E-state index contributed by atoms with van der Waals surface area (Å²) in [7, 11) is 0. The molecule has 2 atom stereocenters. The number of nitrogens with one attached hydrogen (secondary N) is 2. The molecule has 0 radical (unpaired) electrons. The number of hydrogen-bond donors (Lipinski definition) is 2. The van der Waals surface area contributed by atoms with Crippen molar-refractivity contribution in [2.45, 2.75) is 31.5 Å². The van der Waals surface area contributed by atoms with Crippen molar-refractivity contribution in [3.05, 3.63) is 47.0 Å². The highest BCUT2D eigenvalue weighted by Gasteiger charge is 2.28. The van der Waals surface area contributed by atoms with Crippen molar-refractivity contribution < 1.29 is 9.53 Å². The Morgan fingerprint density at radius 3 is 3.05 bits per heavy atom. The Morgan fingerprint density at radius 2 is 2.27 bits per heavy atom. The fourth-order valence-corrected chi connectivity index (χ4v) is 2.73. The Hall–Kier alpha value is -1.92. The van der Waals surface area contributed by atoms with E-state index in [4.69, 9.17) is 16.3 Å². The molecule has 0 bridgehead atoms. The topological polar surface area (TPSA) is 79.9 Å². The lowest BCUT2D eigenvalue weighted by Crippen LogP contribution is -2.33. The summed E-state index contributed by atoms with van der Waals surface area (Å²) in [6, 6.07) is 7.36. The van der Waals surface area contributed by atoms with E-state index >= 15 is 0 Å². The van der Waals surface area contributed by atoms with Gasteiger partial charge < -0.3 is 10.1 Å². The lowest BCUT2D eigenvalue weighted by molar-refractivity contribution is -0.121. The maximum absolute atomic E-state index is 12.0. The minimum Gasteiger partial charge on any atom is -0.365 e. The molecule has 1 aliphatic heterocycles. The molecule has 1 amide bonds. The Balaban J connectivity index is 1.45. The summed E-state index contributed by atoms with van der Waals surface area (Å²) in [5.41, 5.74) is 0.827. The summed E-state index contributed by atoms with van der Waals surface area (Å²) in [5.74, 6) is 0.685. The van der Waals surface area contributed by atoms with Crippen LogP contribution in [-0.4, -0.2) is 33.7 Å². The molecule has 2 N–H and O–H groups in total. The lowest BCUT2D eigenvalue weighted by Gasteiger charge is -2.13. The minimum atomic E-state index is -0.0621. The van der Waals surface area contributed by atoms with Gasteiger partial charge in [-0.05, 0) is 24.5 Å². The van der Waals surface area contributed by atoms with E-state index in [1.54, 1.807) is 6.07 Å². The quantitative estimate of drug-likeness (QED) is 0.883. The van der Waals surface area contributed by atoms with Crippen LogP contribution in [0.5, 0.6) is 0 Å². The van der Waals surface area contributed by atoms with E-state index in [1.807, 2.05) is 18.2 Å². The molecule has 22 heavy (non-hydrogen) atoms. The van der Waals surface area contributed by atoms with Gasteiger partial charge in [0.25, 0.3) is 0 Å². The van der Waals surface area contributed by atoms with Crippen LogP contribution in [0.25, 0.3) is 0 Å². The highest BCUT2D eigenvalue weighted by Crippen LogP contribution is 2.30. The number of aromatic amines is 1. The van der Waals surface area contributed by atoms with Crippen LogP contribution in [0, 0.1) is 0 Å². The molecule has 3 rings (SSSR count). The summed E-state index contributed by atoms with van der Waals surface area (Å²) in [6.07, 6.45) is 3.45. The van der Waals surface area contributed by atoms with E-state index in [2.05, 4.69) is 20.5 Å². The van der Waals surface area contributed by atoms with Crippen LogP contribution in [-0.2, 0) is 16.0 Å². The number of ether oxygens (including phenoxy) is 1. The summed E-state index contributed by atoms with van der Waals surface area (Å²) in [6.45, 7) is 0.494. The molecular weight excluding hydrogens is 304 g/mol. The fraction of sp³-hybridized carbons (Fsp3) is 0.400. The zero-order chi connectivity index (χ0) is 15.4. The third-order valence-corrected chi connectivity index (χ3v) is 4.05. The molecule has 0 saturated carbocycles. The number of nitrogens with zero attached hydrogens (tertiary/aromatic N) is 2. The number of hydrogen-bond acceptors (Lipinski definition) is 4. The number of amides is 1. The second kappa shape index (κ2) is 6.89. The summed E-state index contributed by atoms with van der Waals surface area (Å²) < 4.78 is 5.86. The molecule has 1 aliphatic rings. The van der Waals surface area contributed by atoms with Gasteiger partial charge in [0.05, 0.1) is 12.5 Å². The van der Waals surface area contributed by atoms with E-state index in [1.165, 1.54) is 6.33 Å². The molecule has 1 aromatic heterocycles. The largest absolute Gasteiger partial charge is 0.365 e. The maximum atomic E-state index is 12.0. The third-order valence-electron chi connectivity index (χ3n) is 3.68. The predicted octanol–water partition coefficient (Wildman–Crippen LogP) is 2.04. The zero-order valence-electron chi connectivity index (χ0n) is 12.0. The first kappa shape index (κ1) is 15.0. The molecule has 6 nitrogen and oxygen atoms in total. The van der Waals surface area contributed by atoms with Crippen molar-refractivity contribution in [3.8, 4) is 0 Å². The molecule has 2 heterocycles. The van der Waals surface area contributed by atoms with Gasteiger partial charge in [0, 0.05) is 11.6 Å². The van der Waals surface area contributed by atoms with E-state index in [0.29, 0.717) is 11.6 Å².